The number of nitrogens with zero attached hydrogens (tertiary/aromatic N) is 1. The number of anilines is 1. The first kappa shape index (κ1) is 13.5. The van der Waals surface area contributed by atoms with E-state index in [-0.39, 0.29) is 5.91 Å². The zero-order valence-corrected chi connectivity index (χ0v) is 12.1. The van der Waals surface area contributed by atoms with E-state index >= 15 is 0 Å². The Morgan fingerprint density at radius 3 is 2.38 bits per heavy atom. The summed E-state index contributed by atoms with van der Waals surface area (Å²) in [6.45, 7) is 0. The molecule has 1 heterocycles. The highest BCUT2D eigenvalue weighted by atomic mass is 32.1. The Morgan fingerprint density at radius 1 is 1.00 bits per heavy atom. The van der Waals surface area contributed by atoms with Crippen LogP contribution in [0.15, 0.2) is 66.0 Å². The number of aromatic nitrogens is 1. The fourth-order valence-corrected chi connectivity index (χ4v) is 2.75. The van der Waals surface area contributed by atoms with E-state index in [9.17, 15) is 4.79 Å². The summed E-state index contributed by atoms with van der Waals surface area (Å²) in [5.74, 6) is -0.0461. The van der Waals surface area contributed by atoms with E-state index in [0.29, 0.717) is 11.6 Å². The number of nitrogens with one attached hydrogen (secondary N) is 1. The highest BCUT2D eigenvalue weighted by molar-refractivity contribution is 7.14. The van der Waals surface area contributed by atoms with Crippen molar-refractivity contribution in [3.8, 4) is 11.3 Å². The first-order chi connectivity index (χ1) is 10.3. The van der Waals surface area contributed by atoms with Gasteiger partial charge in [-0.3, -0.25) is 4.79 Å². The third-order valence-corrected chi connectivity index (χ3v) is 3.79. The zero-order valence-electron chi connectivity index (χ0n) is 11.3. The van der Waals surface area contributed by atoms with Gasteiger partial charge in [-0.2, -0.15) is 0 Å². The molecular formula is C17H14N2OS. The van der Waals surface area contributed by atoms with Crippen LogP contribution in [0.5, 0.6) is 0 Å². The molecule has 0 saturated heterocycles. The van der Waals surface area contributed by atoms with Crippen LogP contribution in [0.1, 0.15) is 5.56 Å². The van der Waals surface area contributed by atoms with E-state index in [0.717, 1.165) is 16.8 Å². The molecule has 0 unspecified atom stereocenters. The number of amides is 1. The minimum Gasteiger partial charge on any atom is -0.302 e. The summed E-state index contributed by atoms with van der Waals surface area (Å²) in [6.07, 6.45) is 0.362. The highest BCUT2D eigenvalue weighted by Gasteiger charge is 2.08. The van der Waals surface area contributed by atoms with Gasteiger partial charge in [0.15, 0.2) is 5.13 Å². The first-order valence-electron chi connectivity index (χ1n) is 6.66. The maximum absolute atomic E-state index is 12.0. The number of rotatable bonds is 4. The van der Waals surface area contributed by atoms with Gasteiger partial charge in [-0.25, -0.2) is 4.98 Å². The van der Waals surface area contributed by atoms with E-state index in [4.69, 9.17) is 0 Å². The van der Waals surface area contributed by atoms with Gasteiger partial charge in [0.1, 0.15) is 0 Å². The largest absolute Gasteiger partial charge is 0.302 e. The third kappa shape index (κ3) is 3.55. The topological polar surface area (TPSA) is 42.0 Å². The Morgan fingerprint density at radius 2 is 1.67 bits per heavy atom. The van der Waals surface area contributed by atoms with Gasteiger partial charge in [0.2, 0.25) is 5.91 Å². The van der Waals surface area contributed by atoms with Crippen LogP contribution in [-0.4, -0.2) is 10.9 Å². The lowest BCUT2D eigenvalue weighted by Crippen LogP contribution is -2.14. The van der Waals surface area contributed by atoms with Gasteiger partial charge in [-0.1, -0.05) is 60.7 Å². The van der Waals surface area contributed by atoms with Gasteiger partial charge in [0, 0.05) is 10.9 Å². The zero-order chi connectivity index (χ0) is 14.5. The molecular weight excluding hydrogens is 280 g/mol. The number of benzene rings is 2. The SMILES string of the molecule is O=C(Cc1ccccc1)Nc1nc(-c2ccccc2)cs1. The van der Waals surface area contributed by atoms with E-state index in [1.165, 1.54) is 11.3 Å². The van der Waals surface area contributed by atoms with E-state index in [2.05, 4.69) is 10.3 Å². The average Bonchev–Trinajstić information content (AvgIpc) is 2.97. The summed E-state index contributed by atoms with van der Waals surface area (Å²) in [6, 6.07) is 19.6. The molecule has 0 atom stereocenters. The van der Waals surface area contributed by atoms with E-state index in [1.807, 2.05) is 66.0 Å². The summed E-state index contributed by atoms with van der Waals surface area (Å²) in [5, 5.41) is 5.43. The second-order valence-corrected chi connectivity index (χ2v) is 5.47. The van der Waals surface area contributed by atoms with Gasteiger partial charge in [0.25, 0.3) is 0 Å². The molecule has 0 saturated carbocycles. The lowest BCUT2D eigenvalue weighted by atomic mass is 10.1. The summed E-state index contributed by atoms with van der Waals surface area (Å²) < 4.78 is 0. The maximum atomic E-state index is 12.0. The molecule has 0 fully saturated rings. The average molecular weight is 294 g/mol. The van der Waals surface area contributed by atoms with Crippen LogP contribution in [0.25, 0.3) is 11.3 Å². The van der Waals surface area contributed by atoms with Crippen molar-refractivity contribution in [2.45, 2.75) is 6.42 Å². The van der Waals surface area contributed by atoms with E-state index < -0.39 is 0 Å². The highest BCUT2D eigenvalue weighted by Crippen LogP contribution is 2.24. The van der Waals surface area contributed by atoms with Crippen molar-refractivity contribution in [2.75, 3.05) is 5.32 Å². The number of carbonyl (C=O) groups excluding carboxylic acids is 1. The van der Waals surface area contributed by atoms with Crippen molar-refractivity contribution in [1.29, 1.82) is 0 Å². The van der Waals surface area contributed by atoms with Crippen molar-refractivity contribution < 1.29 is 4.79 Å². The molecule has 3 aromatic rings. The van der Waals surface area contributed by atoms with Crippen molar-refractivity contribution in [3.63, 3.8) is 0 Å². The van der Waals surface area contributed by atoms with Crippen LogP contribution in [0, 0.1) is 0 Å². The fraction of sp³-hybridized carbons (Fsp3) is 0.0588. The van der Waals surface area contributed by atoms with Gasteiger partial charge < -0.3 is 5.32 Å². The minimum absolute atomic E-state index is 0.0461. The van der Waals surface area contributed by atoms with Crippen LogP contribution in [0.2, 0.25) is 0 Å². The summed E-state index contributed by atoms with van der Waals surface area (Å²) in [5.41, 5.74) is 2.93. The predicted octanol–water partition coefficient (Wildman–Crippen LogP) is 3.99. The molecule has 0 aliphatic carbocycles. The number of hydrogen-bond acceptors (Lipinski definition) is 3. The Balaban J connectivity index is 1.66. The Bertz CT molecular complexity index is 723. The predicted molar refractivity (Wildman–Crippen MR) is 86.3 cm³/mol. The molecule has 3 rings (SSSR count). The fourth-order valence-electron chi connectivity index (χ4n) is 2.02. The number of hydrogen-bond donors (Lipinski definition) is 1. The van der Waals surface area contributed by atoms with Crippen molar-refractivity contribution in [2.24, 2.45) is 0 Å². The molecule has 3 nitrogen and oxygen atoms in total. The maximum Gasteiger partial charge on any atom is 0.230 e. The monoisotopic (exact) mass is 294 g/mol. The molecule has 0 aliphatic heterocycles. The van der Waals surface area contributed by atoms with Crippen molar-refractivity contribution in [3.05, 3.63) is 71.6 Å². The van der Waals surface area contributed by atoms with E-state index in [1.54, 1.807) is 0 Å². The second kappa shape index (κ2) is 6.33. The quantitative estimate of drug-likeness (QED) is 0.790. The first-order valence-corrected chi connectivity index (χ1v) is 7.54. The molecule has 0 aliphatic rings. The Labute approximate surface area is 127 Å². The Kier molecular flexibility index (Phi) is 4.07. The normalized spacial score (nSPS) is 10.3. The van der Waals surface area contributed by atoms with Crippen LogP contribution >= 0.6 is 11.3 Å². The van der Waals surface area contributed by atoms with Gasteiger partial charge in [0.05, 0.1) is 12.1 Å². The third-order valence-electron chi connectivity index (χ3n) is 3.03. The van der Waals surface area contributed by atoms with Crippen LogP contribution in [0.3, 0.4) is 0 Å². The summed E-state index contributed by atoms with van der Waals surface area (Å²) in [4.78, 5) is 16.4. The molecule has 1 N–H and O–H groups in total. The summed E-state index contributed by atoms with van der Waals surface area (Å²) >= 11 is 1.44. The van der Waals surface area contributed by atoms with Crippen LogP contribution in [-0.2, 0) is 11.2 Å². The molecule has 1 aromatic heterocycles. The standard InChI is InChI=1S/C17H14N2OS/c20-16(11-13-7-3-1-4-8-13)19-17-18-15(12-21-17)14-9-5-2-6-10-14/h1-10,12H,11H2,(H,18,19,20). The van der Waals surface area contributed by atoms with Crippen LogP contribution in [0.4, 0.5) is 5.13 Å². The lowest BCUT2D eigenvalue weighted by Gasteiger charge is -2.01. The minimum atomic E-state index is -0.0461. The smallest absolute Gasteiger partial charge is 0.230 e. The van der Waals surface area contributed by atoms with Crippen molar-refractivity contribution >= 4 is 22.4 Å². The van der Waals surface area contributed by atoms with Crippen LogP contribution < -0.4 is 5.32 Å². The molecule has 0 bridgehead atoms. The number of carbonyl (C=O) groups is 1. The van der Waals surface area contributed by atoms with Crippen molar-refractivity contribution in [1.82, 2.24) is 4.98 Å². The molecule has 1 amide bonds. The molecule has 0 radical (unpaired) electrons. The molecule has 2 aromatic carbocycles. The molecule has 4 heteroatoms. The molecule has 21 heavy (non-hydrogen) atoms. The lowest BCUT2D eigenvalue weighted by molar-refractivity contribution is -0.115. The number of thiazole rings is 1. The summed E-state index contributed by atoms with van der Waals surface area (Å²) in [7, 11) is 0. The molecule has 0 spiro atoms. The molecule has 104 valence electrons. The second-order valence-electron chi connectivity index (χ2n) is 4.61. The van der Waals surface area contributed by atoms with Gasteiger partial charge in [-0.15, -0.1) is 11.3 Å². The Hall–Kier alpha value is -2.46. The van der Waals surface area contributed by atoms with Gasteiger partial charge in [-0.05, 0) is 5.56 Å². The van der Waals surface area contributed by atoms with Gasteiger partial charge >= 0.3 is 0 Å².